The zero-order valence-electron chi connectivity index (χ0n) is 11.7. The van der Waals surface area contributed by atoms with Crippen LogP contribution >= 0.6 is 0 Å². The van der Waals surface area contributed by atoms with Gasteiger partial charge in [-0.2, -0.15) is 10.1 Å². The molecule has 0 saturated heterocycles. The summed E-state index contributed by atoms with van der Waals surface area (Å²) < 4.78 is 0. The molecule has 0 bridgehead atoms. The third-order valence-electron chi connectivity index (χ3n) is 3.50. The second-order valence-corrected chi connectivity index (χ2v) is 5.29. The molecule has 2 aromatic carbocycles. The topological polar surface area (TPSA) is 52.9 Å². The Morgan fingerprint density at radius 2 is 1.67 bits per heavy atom. The van der Waals surface area contributed by atoms with E-state index in [1.54, 1.807) is 31.2 Å². The van der Waals surface area contributed by atoms with Gasteiger partial charge in [-0.25, -0.2) is 0 Å². The van der Waals surface area contributed by atoms with Gasteiger partial charge in [0.25, 0.3) is 5.91 Å². The molecule has 0 spiro atoms. The summed E-state index contributed by atoms with van der Waals surface area (Å²) in [5.74, 6) is -0.300. The van der Waals surface area contributed by atoms with E-state index < -0.39 is 5.72 Å². The molecule has 0 aromatic heterocycles. The molecule has 1 atom stereocenters. The van der Waals surface area contributed by atoms with Crippen molar-refractivity contribution in [1.29, 1.82) is 0 Å². The number of nitrogens with zero attached hydrogens (tertiary/aromatic N) is 2. The van der Waals surface area contributed by atoms with Crippen LogP contribution in [0.4, 0.5) is 0 Å². The molecule has 1 heterocycles. The first-order valence-corrected chi connectivity index (χ1v) is 6.83. The summed E-state index contributed by atoms with van der Waals surface area (Å²) in [4.78, 5) is 12.5. The van der Waals surface area contributed by atoms with E-state index in [0.717, 1.165) is 5.56 Å². The first-order valence-electron chi connectivity index (χ1n) is 6.83. The van der Waals surface area contributed by atoms with Crippen molar-refractivity contribution in [2.75, 3.05) is 0 Å². The Balaban J connectivity index is 1.94. The number of hydrogen-bond acceptors (Lipinski definition) is 3. The minimum absolute atomic E-state index is 0.300. The van der Waals surface area contributed by atoms with Gasteiger partial charge in [-0.1, -0.05) is 48.5 Å². The van der Waals surface area contributed by atoms with Crippen molar-refractivity contribution in [3.8, 4) is 0 Å². The van der Waals surface area contributed by atoms with Crippen molar-refractivity contribution in [3.05, 3.63) is 71.8 Å². The second kappa shape index (κ2) is 5.14. The third kappa shape index (κ3) is 2.58. The van der Waals surface area contributed by atoms with E-state index in [9.17, 15) is 9.90 Å². The molecule has 1 N–H and O–H groups in total. The van der Waals surface area contributed by atoms with Crippen LogP contribution < -0.4 is 0 Å². The molecule has 3 rings (SSSR count). The van der Waals surface area contributed by atoms with Gasteiger partial charge in [-0.3, -0.25) is 4.79 Å². The molecule has 1 amide bonds. The van der Waals surface area contributed by atoms with Gasteiger partial charge in [-0.05, 0) is 24.6 Å². The lowest BCUT2D eigenvalue weighted by atomic mass is 10.0. The van der Waals surface area contributed by atoms with E-state index >= 15 is 0 Å². The Morgan fingerprint density at radius 1 is 1.10 bits per heavy atom. The van der Waals surface area contributed by atoms with E-state index in [0.29, 0.717) is 17.7 Å². The molecule has 4 nitrogen and oxygen atoms in total. The van der Waals surface area contributed by atoms with E-state index in [1.807, 2.05) is 36.4 Å². The molecule has 0 saturated carbocycles. The van der Waals surface area contributed by atoms with Crippen LogP contribution in [0.1, 0.15) is 29.3 Å². The summed E-state index contributed by atoms with van der Waals surface area (Å²) in [6.45, 7) is 1.60. The van der Waals surface area contributed by atoms with Crippen LogP contribution in [0.3, 0.4) is 0 Å². The Labute approximate surface area is 123 Å². The van der Waals surface area contributed by atoms with Gasteiger partial charge in [0.05, 0.1) is 5.71 Å². The fraction of sp³-hybridized carbons (Fsp3) is 0.176. The largest absolute Gasteiger partial charge is 0.369 e. The first kappa shape index (κ1) is 13.5. The van der Waals surface area contributed by atoms with Crippen molar-refractivity contribution >= 4 is 11.6 Å². The Morgan fingerprint density at radius 3 is 2.29 bits per heavy atom. The summed E-state index contributed by atoms with van der Waals surface area (Å²) in [7, 11) is 0. The number of carbonyl (C=O) groups is 1. The molecule has 21 heavy (non-hydrogen) atoms. The number of hydrogen-bond donors (Lipinski definition) is 1. The smallest absolute Gasteiger partial charge is 0.276 e. The predicted octanol–water partition coefficient (Wildman–Crippen LogP) is 2.65. The van der Waals surface area contributed by atoms with Crippen LogP contribution in [-0.2, 0) is 0 Å². The van der Waals surface area contributed by atoms with Crippen molar-refractivity contribution in [2.45, 2.75) is 19.1 Å². The van der Waals surface area contributed by atoms with Gasteiger partial charge >= 0.3 is 0 Å². The highest BCUT2D eigenvalue weighted by atomic mass is 16.3. The van der Waals surface area contributed by atoms with Crippen molar-refractivity contribution < 1.29 is 9.90 Å². The maximum absolute atomic E-state index is 12.5. The summed E-state index contributed by atoms with van der Waals surface area (Å²) in [5.41, 5.74) is 0.833. The molecule has 4 heteroatoms. The molecule has 1 aliphatic rings. The predicted molar refractivity (Wildman–Crippen MR) is 80.8 cm³/mol. The van der Waals surface area contributed by atoms with Crippen LogP contribution in [0, 0.1) is 0 Å². The van der Waals surface area contributed by atoms with Crippen molar-refractivity contribution in [2.24, 2.45) is 5.10 Å². The van der Waals surface area contributed by atoms with E-state index in [1.165, 1.54) is 5.01 Å². The van der Waals surface area contributed by atoms with Gasteiger partial charge in [0, 0.05) is 12.0 Å². The molecule has 0 radical (unpaired) electrons. The molecular weight excluding hydrogens is 264 g/mol. The zero-order valence-corrected chi connectivity index (χ0v) is 11.7. The quantitative estimate of drug-likeness (QED) is 0.919. The highest BCUT2D eigenvalue weighted by Gasteiger charge is 2.40. The molecule has 0 aliphatic carbocycles. The van der Waals surface area contributed by atoms with E-state index in [-0.39, 0.29) is 5.91 Å². The first-order chi connectivity index (χ1) is 10.1. The second-order valence-electron chi connectivity index (χ2n) is 5.29. The van der Waals surface area contributed by atoms with Gasteiger partial charge < -0.3 is 5.11 Å². The van der Waals surface area contributed by atoms with Gasteiger partial charge in [0.2, 0.25) is 0 Å². The zero-order chi connectivity index (χ0) is 14.9. The van der Waals surface area contributed by atoms with Crippen molar-refractivity contribution in [3.63, 3.8) is 0 Å². The van der Waals surface area contributed by atoms with Gasteiger partial charge in [0.15, 0.2) is 5.72 Å². The lowest BCUT2D eigenvalue weighted by molar-refractivity contribution is -0.0553. The number of rotatable bonds is 2. The summed E-state index contributed by atoms with van der Waals surface area (Å²) in [6, 6.07) is 18.4. The van der Waals surface area contributed by atoms with Crippen LogP contribution in [0.5, 0.6) is 0 Å². The third-order valence-corrected chi connectivity index (χ3v) is 3.50. The van der Waals surface area contributed by atoms with Gasteiger partial charge in [-0.15, -0.1) is 0 Å². The van der Waals surface area contributed by atoms with Crippen LogP contribution in [0.2, 0.25) is 0 Å². The summed E-state index contributed by atoms with van der Waals surface area (Å²) >= 11 is 0. The SMILES string of the molecule is C[C@@]1(O)CC(c2ccccc2)=NN1C(=O)c1ccccc1. The number of benzene rings is 2. The van der Waals surface area contributed by atoms with Crippen molar-refractivity contribution in [1.82, 2.24) is 5.01 Å². The van der Waals surface area contributed by atoms with Crippen LogP contribution in [0.25, 0.3) is 0 Å². The molecule has 2 aromatic rings. The lowest BCUT2D eigenvalue weighted by Gasteiger charge is -2.26. The Kier molecular flexibility index (Phi) is 3.31. The fourth-order valence-electron chi connectivity index (χ4n) is 2.41. The van der Waals surface area contributed by atoms with Crippen LogP contribution in [0.15, 0.2) is 65.8 Å². The normalized spacial score (nSPS) is 21.2. The highest BCUT2D eigenvalue weighted by Crippen LogP contribution is 2.29. The number of carbonyl (C=O) groups excluding carboxylic acids is 1. The number of aliphatic hydroxyl groups is 1. The molecule has 106 valence electrons. The minimum Gasteiger partial charge on any atom is -0.369 e. The van der Waals surface area contributed by atoms with E-state index in [2.05, 4.69) is 5.10 Å². The maximum atomic E-state index is 12.5. The molecule has 1 aliphatic heterocycles. The highest BCUT2D eigenvalue weighted by molar-refractivity contribution is 6.05. The monoisotopic (exact) mass is 280 g/mol. The van der Waals surface area contributed by atoms with E-state index in [4.69, 9.17) is 0 Å². The fourth-order valence-corrected chi connectivity index (χ4v) is 2.41. The molecule has 0 unspecified atom stereocenters. The molecule has 0 fully saturated rings. The Hall–Kier alpha value is -2.46. The maximum Gasteiger partial charge on any atom is 0.276 e. The summed E-state index contributed by atoms with van der Waals surface area (Å²) in [6.07, 6.45) is 0.315. The number of hydrazone groups is 1. The number of amides is 1. The van der Waals surface area contributed by atoms with Crippen LogP contribution in [-0.4, -0.2) is 27.5 Å². The average Bonchev–Trinajstić information content (AvgIpc) is 2.84. The van der Waals surface area contributed by atoms with Gasteiger partial charge in [0.1, 0.15) is 0 Å². The summed E-state index contributed by atoms with van der Waals surface area (Å²) in [5, 5.41) is 16.0. The lowest BCUT2D eigenvalue weighted by Crippen LogP contribution is -2.43. The molecular formula is C17H16N2O2. The average molecular weight is 280 g/mol. The Bertz CT molecular complexity index is 678. The standard InChI is InChI=1S/C17H16N2O2/c1-17(21)12-15(13-8-4-2-5-9-13)18-19(17)16(20)14-10-6-3-7-11-14/h2-11,21H,12H2,1H3/t17-/m1/s1. The minimum atomic E-state index is -1.31.